The van der Waals surface area contributed by atoms with Crippen molar-refractivity contribution >= 4 is 16.8 Å². The largest absolute Gasteiger partial charge is 0.381 e. The van der Waals surface area contributed by atoms with Crippen LogP contribution >= 0.6 is 0 Å². The highest BCUT2D eigenvalue weighted by Gasteiger charge is 2.47. The lowest BCUT2D eigenvalue weighted by Gasteiger charge is -2.23. The topological polar surface area (TPSA) is 54.1 Å². The van der Waals surface area contributed by atoms with Gasteiger partial charge in [-0.1, -0.05) is 18.2 Å². The molecule has 2 fully saturated rings. The molecule has 0 bridgehead atoms. The number of carbonyl (C=O) groups is 1. The maximum atomic E-state index is 12.4. The third kappa shape index (κ3) is 2.65. The zero-order valence-electron chi connectivity index (χ0n) is 13.7. The van der Waals surface area contributed by atoms with E-state index >= 15 is 0 Å². The van der Waals surface area contributed by atoms with Gasteiger partial charge in [-0.05, 0) is 44.2 Å². The summed E-state index contributed by atoms with van der Waals surface area (Å²) in [4.78, 5) is 15.9. The summed E-state index contributed by atoms with van der Waals surface area (Å²) in [5, 5.41) is 4.54. The highest BCUT2D eigenvalue weighted by molar-refractivity contribution is 5.86. The van der Waals surface area contributed by atoms with E-state index in [0.29, 0.717) is 13.2 Å². The second-order valence-corrected chi connectivity index (χ2v) is 7.06. The molecule has 1 aliphatic carbocycles. The summed E-state index contributed by atoms with van der Waals surface area (Å²) in [7, 11) is 0. The van der Waals surface area contributed by atoms with Crippen LogP contribution in [0.4, 0.5) is 0 Å². The normalized spacial score (nSPS) is 20.6. The van der Waals surface area contributed by atoms with Gasteiger partial charge in [-0.2, -0.15) is 0 Å². The number of aromatic amines is 1. The first-order valence-electron chi connectivity index (χ1n) is 8.63. The molecule has 0 spiro atoms. The highest BCUT2D eigenvalue weighted by atomic mass is 16.5. The van der Waals surface area contributed by atoms with E-state index in [1.165, 1.54) is 22.2 Å². The third-order valence-electron chi connectivity index (χ3n) is 5.47. The van der Waals surface area contributed by atoms with E-state index in [0.717, 1.165) is 32.2 Å². The summed E-state index contributed by atoms with van der Waals surface area (Å²) in [6.45, 7) is 4.33. The Bertz CT molecular complexity index is 724. The third-order valence-corrected chi connectivity index (χ3v) is 5.47. The number of hydrogen-bond acceptors (Lipinski definition) is 2. The van der Waals surface area contributed by atoms with Gasteiger partial charge in [0.1, 0.15) is 0 Å². The van der Waals surface area contributed by atoms with E-state index in [1.807, 2.05) is 0 Å². The van der Waals surface area contributed by atoms with Crippen LogP contribution in [0, 0.1) is 12.8 Å². The van der Waals surface area contributed by atoms with Crippen LogP contribution in [0.3, 0.4) is 0 Å². The molecule has 1 aliphatic heterocycles. The fraction of sp³-hybridized carbons (Fsp3) is 0.526. The zero-order valence-corrected chi connectivity index (χ0v) is 13.7. The van der Waals surface area contributed by atoms with Gasteiger partial charge in [0.25, 0.3) is 0 Å². The second kappa shape index (κ2) is 5.68. The number of fused-ring (bicyclic) bond motifs is 1. The second-order valence-electron chi connectivity index (χ2n) is 7.06. The van der Waals surface area contributed by atoms with E-state index in [1.54, 1.807) is 0 Å². The Kier molecular flexibility index (Phi) is 3.64. The molecule has 2 heterocycles. The molecule has 0 radical (unpaired) electrons. The highest BCUT2D eigenvalue weighted by Crippen LogP contribution is 2.51. The average molecular weight is 312 g/mol. The fourth-order valence-corrected chi connectivity index (χ4v) is 3.99. The average Bonchev–Trinajstić information content (AvgIpc) is 3.28. The van der Waals surface area contributed by atoms with Crippen molar-refractivity contribution in [3.05, 3.63) is 35.5 Å². The number of amides is 1. The fourth-order valence-electron chi connectivity index (χ4n) is 3.99. The molecule has 4 heteroatoms. The van der Waals surface area contributed by atoms with Crippen molar-refractivity contribution in [2.45, 2.75) is 38.0 Å². The van der Waals surface area contributed by atoms with Crippen LogP contribution in [0.2, 0.25) is 0 Å². The number of benzene rings is 1. The van der Waals surface area contributed by atoms with Gasteiger partial charge in [-0.3, -0.25) is 4.79 Å². The van der Waals surface area contributed by atoms with Gasteiger partial charge < -0.3 is 15.0 Å². The lowest BCUT2D eigenvalue weighted by atomic mass is 9.92. The van der Waals surface area contributed by atoms with E-state index in [4.69, 9.17) is 4.74 Å². The van der Waals surface area contributed by atoms with Gasteiger partial charge in [0.15, 0.2) is 0 Å². The molecule has 1 aromatic carbocycles. The maximum Gasteiger partial charge on any atom is 0.223 e. The number of H-pyrrole nitrogens is 1. The maximum absolute atomic E-state index is 12.4. The number of aryl methyl sites for hydroxylation is 1. The molecule has 0 unspecified atom stereocenters. The molecule has 2 N–H and O–H groups in total. The van der Waals surface area contributed by atoms with Gasteiger partial charge in [0.2, 0.25) is 5.91 Å². The standard InChI is InChI=1S/C19H24N2O2/c1-13-17(15-4-2-3-5-16(15)21-13)19(8-9-19)12-20-18(22)14-6-10-23-11-7-14/h2-5,14,21H,6-12H2,1H3,(H,20,22). The molecule has 1 amide bonds. The first-order valence-corrected chi connectivity index (χ1v) is 8.63. The Morgan fingerprint density at radius 2 is 2.04 bits per heavy atom. The lowest BCUT2D eigenvalue weighted by Crippen LogP contribution is -2.38. The van der Waals surface area contributed by atoms with Crippen molar-refractivity contribution in [2.75, 3.05) is 19.8 Å². The molecule has 23 heavy (non-hydrogen) atoms. The van der Waals surface area contributed by atoms with Crippen LogP contribution in [0.25, 0.3) is 10.9 Å². The van der Waals surface area contributed by atoms with Gasteiger partial charge >= 0.3 is 0 Å². The minimum Gasteiger partial charge on any atom is -0.381 e. The molecule has 122 valence electrons. The lowest BCUT2D eigenvalue weighted by molar-refractivity contribution is -0.127. The summed E-state index contributed by atoms with van der Waals surface area (Å²) in [5.74, 6) is 0.334. The summed E-state index contributed by atoms with van der Waals surface area (Å²) < 4.78 is 5.35. The van der Waals surface area contributed by atoms with Crippen LogP contribution < -0.4 is 5.32 Å². The van der Waals surface area contributed by atoms with Crippen LogP contribution in [0.15, 0.2) is 24.3 Å². The van der Waals surface area contributed by atoms with E-state index < -0.39 is 0 Å². The molecule has 1 aromatic heterocycles. The van der Waals surface area contributed by atoms with Crippen molar-refractivity contribution in [3.8, 4) is 0 Å². The number of aromatic nitrogens is 1. The summed E-state index contributed by atoms with van der Waals surface area (Å²) in [6, 6.07) is 8.47. The number of hydrogen-bond donors (Lipinski definition) is 2. The van der Waals surface area contributed by atoms with E-state index in [2.05, 4.69) is 41.5 Å². The number of rotatable bonds is 4. The Morgan fingerprint density at radius 3 is 2.78 bits per heavy atom. The van der Waals surface area contributed by atoms with Crippen molar-refractivity contribution < 1.29 is 9.53 Å². The first kappa shape index (κ1) is 14.8. The first-order chi connectivity index (χ1) is 11.2. The van der Waals surface area contributed by atoms with E-state index in [-0.39, 0.29) is 17.2 Å². The van der Waals surface area contributed by atoms with Crippen molar-refractivity contribution in [3.63, 3.8) is 0 Å². The Morgan fingerprint density at radius 1 is 1.30 bits per heavy atom. The van der Waals surface area contributed by atoms with Crippen molar-refractivity contribution in [1.29, 1.82) is 0 Å². The van der Waals surface area contributed by atoms with Crippen LogP contribution in [-0.4, -0.2) is 30.6 Å². The predicted molar refractivity (Wildman–Crippen MR) is 90.5 cm³/mol. The van der Waals surface area contributed by atoms with Gasteiger partial charge in [-0.25, -0.2) is 0 Å². The number of ether oxygens (including phenoxy) is 1. The zero-order chi connectivity index (χ0) is 15.9. The van der Waals surface area contributed by atoms with Crippen LogP contribution in [0.5, 0.6) is 0 Å². The Labute approximate surface area is 136 Å². The Balaban J connectivity index is 1.52. The van der Waals surface area contributed by atoms with Crippen molar-refractivity contribution in [2.24, 2.45) is 5.92 Å². The molecule has 2 aliphatic rings. The molecular weight excluding hydrogens is 288 g/mol. The van der Waals surface area contributed by atoms with Crippen molar-refractivity contribution in [1.82, 2.24) is 10.3 Å². The van der Waals surface area contributed by atoms with Gasteiger partial charge in [0.05, 0.1) is 0 Å². The molecule has 2 aromatic rings. The summed E-state index contributed by atoms with van der Waals surface area (Å²) >= 11 is 0. The quantitative estimate of drug-likeness (QED) is 0.911. The number of para-hydroxylation sites is 1. The Hall–Kier alpha value is -1.81. The summed E-state index contributed by atoms with van der Waals surface area (Å²) in [5.41, 5.74) is 3.97. The smallest absolute Gasteiger partial charge is 0.223 e. The molecule has 4 nitrogen and oxygen atoms in total. The number of carbonyl (C=O) groups excluding carboxylic acids is 1. The van der Waals surface area contributed by atoms with E-state index in [9.17, 15) is 4.79 Å². The molecule has 1 saturated heterocycles. The molecule has 4 rings (SSSR count). The monoisotopic (exact) mass is 312 g/mol. The molecule has 1 saturated carbocycles. The number of nitrogens with one attached hydrogen (secondary N) is 2. The SMILES string of the molecule is Cc1[nH]c2ccccc2c1C1(CNC(=O)C2CCOCC2)CC1. The predicted octanol–water partition coefficient (Wildman–Crippen LogP) is 3.05. The van der Waals surface area contributed by atoms with Gasteiger partial charge in [0, 0.05) is 47.7 Å². The summed E-state index contributed by atoms with van der Waals surface area (Å²) in [6.07, 6.45) is 4.02. The minimum absolute atomic E-state index is 0.128. The van der Waals surface area contributed by atoms with Crippen LogP contribution in [-0.2, 0) is 14.9 Å². The molecule has 0 atom stereocenters. The van der Waals surface area contributed by atoms with Crippen LogP contribution in [0.1, 0.15) is 36.9 Å². The molecular formula is C19H24N2O2. The minimum atomic E-state index is 0.128. The van der Waals surface area contributed by atoms with Gasteiger partial charge in [-0.15, -0.1) is 0 Å².